The SMILES string of the molecule is CC(=O)Nc1ccc(NC=C2C(=O)c3sccc3N(Cc3cccc(F)c3)S2(=O)=O)cc1. The van der Waals surface area contributed by atoms with Gasteiger partial charge in [-0.15, -0.1) is 11.3 Å². The number of ketones is 1. The number of fused-ring (bicyclic) bond motifs is 1. The van der Waals surface area contributed by atoms with Crippen LogP contribution in [0.25, 0.3) is 0 Å². The highest BCUT2D eigenvalue weighted by atomic mass is 32.2. The Kier molecular flexibility index (Phi) is 5.81. The highest BCUT2D eigenvalue weighted by Crippen LogP contribution is 2.39. The Morgan fingerprint density at radius 1 is 1.12 bits per heavy atom. The van der Waals surface area contributed by atoms with E-state index >= 15 is 0 Å². The number of allylic oxidation sites excluding steroid dienone is 1. The first-order chi connectivity index (χ1) is 15.3. The van der Waals surface area contributed by atoms with Gasteiger partial charge in [-0.2, -0.15) is 0 Å². The van der Waals surface area contributed by atoms with Crippen molar-refractivity contribution >= 4 is 50.1 Å². The Hall–Kier alpha value is -3.50. The molecular formula is C22H18FN3O4S2. The fraction of sp³-hybridized carbons (Fsp3) is 0.0909. The summed E-state index contributed by atoms with van der Waals surface area (Å²) in [5.41, 5.74) is 1.85. The van der Waals surface area contributed by atoms with Gasteiger partial charge in [0.1, 0.15) is 10.7 Å². The molecule has 10 heteroatoms. The molecule has 32 heavy (non-hydrogen) atoms. The van der Waals surface area contributed by atoms with E-state index in [0.29, 0.717) is 21.8 Å². The predicted molar refractivity (Wildman–Crippen MR) is 123 cm³/mol. The second-order valence-electron chi connectivity index (χ2n) is 7.02. The van der Waals surface area contributed by atoms with Crippen LogP contribution in [-0.2, 0) is 21.4 Å². The van der Waals surface area contributed by atoms with Crippen LogP contribution in [0.5, 0.6) is 0 Å². The van der Waals surface area contributed by atoms with Crippen molar-refractivity contribution in [3.8, 4) is 0 Å². The van der Waals surface area contributed by atoms with Crippen LogP contribution < -0.4 is 14.9 Å². The first-order valence-corrected chi connectivity index (χ1v) is 11.8. The van der Waals surface area contributed by atoms with Crippen LogP contribution in [0.3, 0.4) is 0 Å². The molecule has 3 aromatic rings. The molecule has 2 heterocycles. The Morgan fingerprint density at radius 3 is 2.53 bits per heavy atom. The minimum Gasteiger partial charge on any atom is -0.360 e. The summed E-state index contributed by atoms with van der Waals surface area (Å²) in [6.07, 6.45) is 1.16. The lowest BCUT2D eigenvalue weighted by Gasteiger charge is -2.29. The van der Waals surface area contributed by atoms with E-state index in [1.54, 1.807) is 41.8 Å². The largest absolute Gasteiger partial charge is 0.360 e. The maximum atomic E-state index is 13.6. The van der Waals surface area contributed by atoms with Gasteiger partial charge in [0.2, 0.25) is 11.7 Å². The number of anilines is 3. The molecule has 4 rings (SSSR count). The van der Waals surface area contributed by atoms with Crippen LogP contribution >= 0.6 is 11.3 Å². The normalized spacial score (nSPS) is 16.0. The van der Waals surface area contributed by atoms with Gasteiger partial charge in [-0.25, -0.2) is 12.8 Å². The molecule has 0 aliphatic carbocycles. The number of amides is 1. The molecule has 164 valence electrons. The van der Waals surface area contributed by atoms with Gasteiger partial charge in [0, 0.05) is 24.5 Å². The number of halogens is 1. The maximum Gasteiger partial charge on any atom is 0.270 e. The average molecular weight is 472 g/mol. The summed E-state index contributed by atoms with van der Waals surface area (Å²) in [7, 11) is -4.19. The Labute approximate surface area is 188 Å². The monoisotopic (exact) mass is 471 g/mol. The van der Waals surface area contributed by atoms with Crippen LogP contribution in [0.15, 0.2) is 71.1 Å². The number of hydrogen-bond acceptors (Lipinski definition) is 6. The minimum absolute atomic E-state index is 0.111. The van der Waals surface area contributed by atoms with Crippen LogP contribution in [0.2, 0.25) is 0 Å². The van der Waals surface area contributed by atoms with Crippen molar-refractivity contribution in [2.24, 2.45) is 0 Å². The van der Waals surface area contributed by atoms with Gasteiger partial charge in [-0.3, -0.25) is 13.9 Å². The first-order valence-electron chi connectivity index (χ1n) is 9.49. The zero-order chi connectivity index (χ0) is 22.9. The summed E-state index contributed by atoms with van der Waals surface area (Å²) in [4.78, 5) is 24.0. The molecule has 0 fully saturated rings. The minimum atomic E-state index is -4.19. The van der Waals surface area contributed by atoms with Gasteiger partial charge < -0.3 is 10.6 Å². The summed E-state index contributed by atoms with van der Waals surface area (Å²) in [6.45, 7) is 1.28. The Morgan fingerprint density at radius 2 is 1.84 bits per heavy atom. The lowest BCUT2D eigenvalue weighted by Crippen LogP contribution is -2.38. The number of carbonyl (C=O) groups excluding carboxylic acids is 2. The molecule has 2 aromatic carbocycles. The summed E-state index contributed by atoms with van der Waals surface area (Å²) >= 11 is 1.15. The van der Waals surface area contributed by atoms with Gasteiger partial charge in [0.25, 0.3) is 10.0 Å². The molecule has 0 unspecified atom stereocenters. The summed E-state index contributed by atoms with van der Waals surface area (Å²) in [5.74, 6) is -1.29. The number of nitrogens with one attached hydrogen (secondary N) is 2. The standard InChI is InChI=1S/C22H18FN3O4S2/c1-14(27)25-18-7-5-17(6-8-18)24-12-20-21(28)22-19(9-10-31-22)26(32(20,29)30)13-15-3-2-4-16(23)11-15/h2-12,24H,13H2,1H3,(H,25,27). The third-order valence-electron chi connectivity index (χ3n) is 4.70. The molecular weight excluding hydrogens is 453 g/mol. The average Bonchev–Trinajstić information content (AvgIpc) is 3.22. The molecule has 0 saturated carbocycles. The van der Waals surface area contributed by atoms with Crippen molar-refractivity contribution in [2.75, 3.05) is 14.9 Å². The second kappa shape index (κ2) is 8.56. The molecule has 0 radical (unpaired) electrons. The van der Waals surface area contributed by atoms with Crippen molar-refractivity contribution in [1.29, 1.82) is 0 Å². The molecule has 0 saturated heterocycles. The fourth-order valence-electron chi connectivity index (χ4n) is 3.26. The molecule has 0 spiro atoms. The highest BCUT2D eigenvalue weighted by Gasteiger charge is 2.41. The van der Waals surface area contributed by atoms with Crippen LogP contribution in [0, 0.1) is 5.82 Å². The molecule has 1 aliphatic heterocycles. The van der Waals surface area contributed by atoms with E-state index in [1.165, 1.54) is 25.1 Å². The third kappa shape index (κ3) is 4.27. The van der Waals surface area contributed by atoms with E-state index in [4.69, 9.17) is 0 Å². The molecule has 7 nitrogen and oxygen atoms in total. The zero-order valence-corrected chi connectivity index (χ0v) is 18.5. The molecule has 1 amide bonds. The summed E-state index contributed by atoms with van der Waals surface area (Å²) < 4.78 is 41.4. The maximum absolute atomic E-state index is 13.6. The topological polar surface area (TPSA) is 95.6 Å². The lowest BCUT2D eigenvalue weighted by molar-refractivity contribution is -0.114. The van der Waals surface area contributed by atoms with Gasteiger partial charge in [0.05, 0.1) is 12.2 Å². The van der Waals surface area contributed by atoms with E-state index in [1.807, 2.05) is 0 Å². The number of benzene rings is 2. The Bertz CT molecular complexity index is 1330. The van der Waals surface area contributed by atoms with Gasteiger partial charge in [0.15, 0.2) is 4.91 Å². The van der Waals surface area contributed by atoms with Crippen molar-refractivity contribution < 1.29 is 22.4 Å². The van der Waals surface area contributed by atoms with E-state index in [0.717, 1.165) is 21.8 Å². The number of rotatable bonds is 5. The van der Waals surface area contributed by atoms with Crippen molar-refractivity contribution in [3.05, 3.63) is 87.3 Å². The number of sulfonamides is 1. The summed E-state index contributed by atoms with van der Waals surface area (Å²) in [5, 5.41) is 7.12. The number of thiophene rings is 1. The smallest absolute Gasteiger partial charge is 0.270 e. The predicted octanol–water partition coefficient (Wildman–Crippen LogP) is 4.33. The second-order valence-corrected chi connectivity index (χ2v) is 9.76. The van der Waals surface area contributed by atoms with E-state index in [9.17, 15) is 22.4 Å². The molecule has 1 aromatic heterocycles. The van der Waals surface area contributed by atoms with Crippen molar-refractivity contribution in [1.82, 2.24) is 0 Å². The van der Waals surface area contributed by atoms with E-state index in [2.05, 4.69) is 10.6 Å². The number of nitrogens with zero attached hydrogens (tertiary/aromatic N) is 1. The zero-order valence-electron chi connectivity index (χ0n) is 16.8. The van der Waals surface area contributed by atoms with Crippen molar-refractivity contribution in [2.45, 2.75) is 13.5 Å². The van der Waals surface area contributed by atoms with Gasteiger partial charge >= 0.3 is 0 Å². The number of hydrogen-bond donors (Lipinski definition) is 2. The molecule has 0 bridgehead atoms. The van der Waals surface area contributed by atoms with Crippen molar-refractivity contribution in [3.63, 3.8) is 0 Å². The fourth-order valence-corrected chi connectivity index (χ4v) is 5.74. The first kappa shape index (κ1) is 21.7. The Balaban J connectivity index is 1.66. The van der Waals surface area contributed by atoms with E-state index in [-0.39, 0.29) is 18.1 Å². The number of Topliss-reactive ketones (excluding diaryl/α,β-unsaturated/α-hetero) is 1. The third-order valence-corrected chi connectivity index (χ3v) is 7.37. The van der Waals surface area contributed by atoms with Gasteiger partial charge in [-0.1, -0.05) is 12.1 Å². The lowest BCUT2D eigenvalue weighted by atomic mass is 10.2. The highest BCUT2D eigenvalue weighted by molar-refractivity contribution is 7.97. The van der Waals surface area contributed by atoms with E-state index < -0.39 is 26.5 Å². The van der Waals surface area contributed by atoms with Crippen LogP contribution in [0.4, 0.5) is 21.5 Å². The molecule has 1 aliphatic rings. The molecule has 2 N–H and O–H groups in total. The van der Waals surface area contributed by atoms with Gasteiger partial charge in [-0.05, 0) is 53.4 Å². The van der Waals surface area contributed by atoms with Crippen LogP contribution in [-0.4, -0.2) is 20.1 Å². The van der Waals surface area contributed by atoms with Crippen LogP contribution in [0.1, 0.15) is 22.2 Å². The summed E-state index contributed by atoms with van der Waals surface area (Å²) in [6, 6.07) is 13.8. The number of carbonyl (C=O) groups is 2. The molecule has 0 atom stereocenters. The quantitative estimate of drug-likeness (QED) is 0.540.